The second-order valence-electron chi connectivity index (χ2n) is 2.98. The highest BCUT2D eigenvalue weighted by atomic mass is 35.5. The fourth-order valence-electron chi connectivity index (χ4n) is 1.01. The second-order valence-corrected chi connectivity index (χ2v) is 3.39. The van der Waals surface area contributed by atoms with Crippen LogP contribution in [0.5, 0.6) is 5.88 Å². The summed E-state index contributed by atoms with van der Waals surface area (Å²) in [5, 5.41) is 0.593. The van der Waals surface area contributed by atoms with Gasteiger partial charge in [-0.3, -0.25) is 0 Å². The van der Waals surface area contributed by atoms with E-state index in [1.54, 1.807) is 12.1 Å². The lowest BCUT2D eigenvalue weighted by Crippen LogP contribution is -2.04. The Balaban J connectivity index is 2.60. The molecular weight excluding hydrogens is 200 g/mol. The monoisotopic (exact) mass is 214 g/mol. The van der Waals surface area contributed by atoms with Gasteiger partial charge in [0.05, 0.1) is 17.3 Å². The molecule has 0 atom stereocenters. The maximum absolute atomic E-state index is 5.86. The Labute approximate surface area is 89.2 Å². The highest BCUT2D eigenvalue weighted by Gasteiger charge is 2.02. The molecule has 0 aliphatic carbocycles. The zero-order valence-corrected chi connectivity index (χ0v) is 9.05. The summed E-state index contributed by atoms with van der Waals surface area (Å²) in [4.78, 5) is 4.18. The summed E-state index contributed by atoms with van der Waals surface area (Å²) in [6.45, 7) is 3.14. The molecule has 78 valence electrons. The van der Waals surface area contributed by atoms with E-state index in [2.05, 4.69) is 11.9 Å². The van der Waals surface area contributed by atoms with E-state index in [0.29, 0.717) is 29.7 Å². The van der Waals surface area contributed by atoms with E-state index in [1.807, 2.05) is 0 Å². The molecule has 0 fully saturated rings. The lowest BCUT2D eigenvalue weighted by molar-refractivity contribution is 0.297. The quantitative estimate of drug-likeness (QED) is 0.766. The molecule has 0 aliphatic heterocycles. The van der Waals surface area contributed by atoms with Gasteiger partial charge in [-0.25, -0.2) is 4.98 Å². The van der Waals surface area contributed by atoms with Crippen molar-refractivity contribution in [1.82, 2.24) is 4.98 Å². The molecule has 0 aromatic carbocycles. The third-order valence-corrected chi connectivity index (χ3v) is 2.18. The van der Waals surface area contributed by atoms with Gasteiger partial charge in [-0.15, -0.1) is 0 Å². The number of nitrogens with zero attached hydrogens (tertiary/aromatic N) is 1. The van der Waals surface area contributed by atoms with Crippen LogP contribution in [-0.2, 0) is 6.54 Å². The Hall–Kier alpha value is -0.800. The van der Waals surface area contributed by atoms with Crippen molar-refractivity contribution in [2.75, 3.05) is 6.61 Å². The van der Waals surface area contributed by atoms with Crippen LogP contribution >= 0.6 is 11.6 Å². The second kappa shape index (κ2) is 5.83. The first kappa shape index (κ1) is 11.3. The average Bonchev–Trinajstić information content (AvgIpc) is 2.21. The Morgan fingerprint density at radius 2 is 2.29 bits per heavy atom. The standard InChI is InChI=1S/C10H15ClN2O/c1-2-3-6-14-10-5-4-8(11)9(7-12)13-10/h4-5H,2-3,6-7,12H2,1H3. The average molecular weight is 215 g/mol. The van der Waals surface area contributed by atoms with Gasteiger partial charge in [0.15, 0.2) is 0 Å². The molecule has 0 aliphatic rings. The number of ether oxygens (including phenoxy) is 1. The lowest BCUT2D eigenvalue weighted by atomic mass is 10.3. The molecule has 0 saturated carbocycles. The van der Waals surface area contributed by atoms with Crippen molar-refractivity contribution in [3.8, 4) is 5.88 Å². The first-order valence-corrected chi connectivity index (χ1v) is 5.14. The van der Waals surface area contributed by atoms with Crippen LogP contribution in [0.25, 0.3) is 0 Å². The topological polar surface area (TPSA) is 48.1 Å². The van der Waals surface area contributed by atoms with E-state index in [9.17, 15) is 0 Å². The molecule has 0 amide bonds. The Morgan fingerprint density at radius 1 is 1.50 bits per heavy atom. The predicted molar refractivity (Wildman–Crippen MR) is 57.5 cm³/mol. The lowest BCUT2D eigenvalue weighted by Gasteiger charge is -2.06. The number of hydrogen-bond donors (Lipinski definition) is 1. The minimum absolute atomic E-state index is 0.337. The number of pyridine rings is 1. The summed E-state index contributed by atoms with van der Waals surface area (Å²) >= 11 is 5.86. The van der Waals surface area contributed by atoms with Crippen LogP contribution in [0.3, 0.4) is 0 Å². The number of nitrogens with two attached hydrogens (primary N) is 1. The molecule has 0 spiro atoms. The van der Waals surface area contributed by atoms with Crippen LogP contribution in [0.2, 0.25) is 5.02 Å². The van der Waals surface area contributed by atoms with Gasteiger partial charge in [-0.2, -0.15) is 0 Å². The molecular formula is C10H15ClN2O. The maximum Gasteiger partial charge on any atom is 0.213 e. The molecule has 1 heterocycles. The molecule has 14 heavy (non-hydrogen) atoms. The summed E-state index contributed by atoms with van der Waals surface area (Å²) in [7, 11) is 0. The van der Waals surface area contributed by atoms with Crippen molar-refractivity contribution < 1.29 is 4.74 Å². The predicted octanol–water partition coefficient (Wildman–Crippen LogP) is 2.37. The zero-order chi connectivity index (χ0) is 10.4. The maximum atomic E-state index is 5.86. The van der Waals surface area contributed by atoms with Gasteiger partial charge in [-0.05, 0) is 12.5 Å². The van der Waals surface area contributed by atoms with E-state index >= 15 is 0 Å². The summed E-state index contributed by atoms with van der Waals surface area (Å²) in [6, 6.07) is 3.52. The molecule has 0 saturated heterocycles. The van der Waals surface area contributed by atoms with E-state index in [1.165, 1.54) is 0 Å². The number of rotatable bonds is 5. The van der Waals surface area contributed by atoms with Crippen molar-refractivity contribution >= 4 is 11.6 Å². The molecule has 0 unspecified atom stereocenters. The van der Waals surface area contributed by atoms with E-state index in [0.717, 1.165) is 12.8 Å². The first-order chi connectivity index (χ1) is 6.77. The Bertz CT molecular complexity index is 291. The van der Waals surface area contributed by atoms with Crippen molar-refractivity contribution in [2.24, 2.45) is 5.73 Å². The third kappa shape index (κ3) is 3.16. The van der Waals surface area contributed by atoms with E-state index < -0.39 is 0 Å². The van der Waals surface area contributed by atoms with Crippen molar-refractivity contribution in [3.05, 3.63) is 22.8 Å². The number of halogens is 1. The van der Waals surface area contributed by atoms with Gasteiger partial charge in [0.25, 0.3) is 0 Å². The smallest absolute Gasteiger partial charge is 0.213 e. The van der Waals surface area contributed by atoms with Crippen molar-refractivity contribution in [1.29, 1.82) is 0 Å². The molecule has 1 aromatic rings. The molecule has 1 aromatic heterocycles. The fraction of sp³-hybridized carbons (Fsp3) is 0.500. The summed E-state index contributed by atoms with van der Waals surface area (Å²) < 4.78 is 5.42. The minimum atomic E-state index is 0.337. The van der Waals surface area contributed by atoms with Gasteiger partial charge in [0, 0.05) is 12.6 Å². The van der Waals surface area contributed by atoms with Crippen molar-refractivity contribution in [2.45, 2.75) is 26.3 Å². The SMILES string of the molecule is CCCCOc1ccc(Cl)c(CN)n1. The number of aromatic nitrogens is 1. The van der Waals surface area contributed by atoms with E-state index in [-0.39, 0.29) is 0 Å². The van der Waals surface area contributed by atoms with Gasteiger partial charge in [0.2, 0.25) is 5.88 Å². The number of hydrogen-bond acceptors (Lipinski definition) is 3. The van der Waals surface area contributed by atoms with Crippen LogP contribution in [0.4, 0.5) is 0 Å². The Kier molecular flexibility index (Phi) is 4.70. The minimum Gasteiger partial charge on any atom is -0.478 e. The summed E-state index contributed by atoms with van der Waals surface area (Å²) in [5.74, 6) is 0.600. The van der Waals surface area contributed by atoms with E-state index in [4.69, 9.17) is 22.1 Å². The van der Waals surface area contributed by atoms with Crippen LogP contribution in [0.15, 0.2) is 12.1 Å². The Morgan fingerprint density at radius 3 is 2.93 bits per heavy atom. The van der Waals surface area contributed by atoms with Crippen LogP contribution in [-0.4, -0.2) is 11.6 Å². The van der Waals surface area contributed by atoms with Crippen molar-refractivity contribution in [3.63, 3.8) is 0 Å². The third-order valence-electron chi connectivity index (χ3n) is 1.83. The van der Waals surface area contributed by atoms with Crippen LogP contribution < -0.4 is 10.5 Å². The highest BCUT2D eigenvalue weighted by molar-refractivity contribution is 6.31. The molecule has 0 radical (unpaired) electrons. The fourth-order valence-corrected chi connectivity index (χ4v) is 1.19. The summed E-state index contributed by atoms with van der Waals surface area (Å²) in [6.07, 6.45) is 2.14. The van der Waals surface area contributed by atoms with Gasteiger partial charge >= 0.3 is 0 Å². The zero-order valence-electron chi connectivity index (χ0n) is 8.29. The van der Waals surface area contributed by atoms with Gasteiger partial charge < -0.3 is 10.5 Å². The van der Waals surface area contributed by atoms with Crippen LogP contribution in [0.1, 0.15) is 25.5 Å². The highest BCUT2D eigenvalue weighted by Crippen LogP contribution is 2.17. The molecule has 3 nitrogen and oxygen atoms in total. The molecule has 1 rings (SSSR count). The number of unbranched alkanes of at least 4 members (excludes halogenated alkanes) is 1. The summed E-state index contributed by atoms with van der Waals surface area (Å²) in [5.41, 5.74) is 6.15. The van der Waals surface area contributed by atoms with Crippen LogP contribution in [0, 0.1) is 0 Å². The molecule has 2 N–H and O–H groups in total. The largest absolute Gasteiger partial charge is 0.478 e. The first-order valence-electron chi connectivity index (χ1n) is 4.76. The molecule has 0 bridgehead atoms. The molecule has 4 heteroatoms. The van der Waals surface area contributed by atoms with Gasteiger partial charge in [0.1, 0.15) is 0 Å². The normalized spacial score (nSPS) is 10.2. The van der Waals surface area contributed by atoms with Gasteiger partial charge in [-0.1, -0.05) is 24.9 Å².